The van der Waals surface area contributed by atoms with E-state index in [0.717, 1.165) is 31.9 Å². The predicted molar refractivity (Wildman–Crippen MR) is 83.1 cm³/mol. The summed E-state index contributed by atoms with van der Waals surface area (Å²) in [6.45, 7) is 0. The van der Waals surface area contributed by atoms with Crippen LogP contribution < -0.4 is 0 Å². The molecule has 1 saturated carbocycles. The van der Waals surface area contributed by atoms with Gasteiger partial charge in [0, 0.05) is 19.3 Å². The molecule has 0 unspecified atom stereocenters. The highest BCUT2D eigenvalue weighted by Crippen LogP contribution is 2.24. The van der Waals surface area contributed by atoms with Crippen molar-refractivity contribution >= 4 is 15.7 Å². The Morgan fingerprint density at radius 1 is 1.10 bits per heavy atom. The summed E-state index contributed by atoms with van der Waals surface area (Å²) in [5.74, 6) is -0.192. The number of amides is 1. The molecule has 4 nitrogen and oxygen atoms in total. The molecule has 21 heavy (non-hydrogen) atoms. The van der Waals surface area contributed by atoms with Gasteiger partial charge in [0.15, 0.2) is 9.84 Å². The molecule has 0 aromatic heterocycles. The van der Waals surface area contributed by atoms with E-state index in [1.807, 2.05) is 0 Å². The third-order valence-electron chi connectivity index (χ3n) is 4.21. The largest absolute Gasteiger partial charge is 0.339 e. The molecule has 0 aliphatic heterocycles. The van der Waals surface area contributed by atoms with Gasteiger partial charge in [0.05, 0.1) is 10.5 Å². The second-order valence-corrected chi connectivity index (χ2v) is 7.81. The first kappa shape index (κ1) is 16.0. The van der Waals surface area contributed by atoms with Gasteiger partial charge in [-0.3, -0.25) is 4.79 Å². The lowest BCUT2D eigenvalue weighted by Gasteiger charge is -2.27. The number of hydrogen-bond acceptors (Lipinski definition) is 3. The quantitative estimate of drug-likeness (QED) is 0.807. The van der Waals surface area contributed by atoms with E-state index in [4.69, 9.17) is 0 Å². The van der Waals surface area contributed by atoms with E-state index < -0.39 is 9.84 Å². The van der Waals surface area contributed by atoms with Crippen LogP contribution >= 0.6 is 0 Å². The highest BCUT2D eigenvalue weighted by atomic mass is 32.2. The van der Waals surface area contributed by atoms with E-state index >= 15 is 0 Å². The molecule has 5 heteroatoms. The molecular weight excluding hydrogens is 286 g/mol. The summed E-state index contributed by atoms with van der Waals surface area (Å²) >= 11 is 0. The van der Waals surface area contributed by atoms with Crippen LogP contribution in [0.5, 0.6) is 0 Å². The van der Waals surface area contributed by atoms with E-state index in [2.05, 4.69) is 0 Å². The predicted octanol–water partition coefficient (Wildman–Crippen LogP) is 2.88. The van der Waals surface area contributed by atoms with Crippen LogP contribution in [-0.2, 0) is 9.84 Å². The fraction of sp³-hybridized carbons (Fsp3) is 0.562. The molecule has 0 saturated heterocycles. The van der Waals surface area contributed by atoms with Crippen LogP contribution in [0.1, 0.15) is 48.9 Å². The molecule has 1 aromatic carbocycles. The van der Waals surface area contributed by atoms with Crippen LogP contribution in [-0.4, -0.2) is 38.6 Å². The van der Waals surface area contributed by atoms with Crippen LogP contribution in [0.4, 0.5) is 0 Å². The number of benzene rings is 1. The molecule has 1 aliphatic rings. The van der Waals surface area contributed by atoms with E-state index in [0.29, 0.717) is 0 Å². The number of rotatable bonds is 3. The van der Waals surface area contributed by atoms with Crippen LogP contribution in [0, 0.1) is 0 Å². The number of hydrogen-bond donors (Lipinski definition) is 0. The highest BCUT2D eigenvalue weighted by Gasteiger charge is 2.25. The van der Waals surface area contributed by atoms with Crippen molar-refractivity contribution in [1.29, 1.82) is 0 Å². The van der Waals surface area contributed by atoms with Crippen molar-refractivity contribution in [3.63, 3.8) is 0 Å². The summed E-state index contributed by atoms with van der Waals surface area (Å²) in [4.78, 5) is 14.5. The van der Waals surface area contributed by atoms with Gasteiger partial charge in [-0.15, -0.1) is 0 Å². The van der Waals surface area contributed by atoms with Crippen molar-refractivity contribution in [2.75, 3.05) is 13.3 Å². The fourth-order valence-electron chi connectivity index (χ4n) is 2.97. The average Bonchev–Trinajstić information content (AvgIpc) is 2.74. The van der Waals surface area contributed by atoms with E-state index in [1.165, 1.54) is 18.9 Å². The average molecular weight is 309 g/mol. The lowest BCUT2D eigenvalue weighted by molar-refractivity contribution is 0.0714. The molecule has 1 amide bonds. The Morgan fingerprint density at radius 3 is 2.24 bits per heavy atom. The Bertz CT molecular complexity index is 602. The zero-order valence-electron chi connectivity index (χ0n) is 12.7. The van der Waals surface area contributed by atoms with Crippen molar-refractivity contribution in [2.24, 2.45) is 0 Å². The summed E-state index contributed by atoms with van der Waals surface area (Å²) in [5, 5.41) is 0. The summed E-state index contributed by atoms with van der Waals surface area (Å²) in [7, 11) is -1.61. The maximum absolute atomic E-state index is 12.7. The maximum Gasteiger partial charge on any atom is 0.255 e. The van der Waals surface area contributed by atoms with Gasteiger partial charge in [-0.2, -0.15) is 0 Å². The second-order valence-electron chi connectivity index (χ2n) is 5.83. The van der Waals surface area contributed by atoms with Crippen molar-refractivity contribution in [3.05, 3.63) is 29.8 Å². The molecule has 0 spiro atoms. The lowest BCUT2D eigenvalue weighted by atomic mass is 10.1. The van der Waals surface area contributed by atoms with Crippen molar-refractivity contribution < 1.29 is 13.2 Å². The lowest BCUT2D eigenvalue weighted by Crippen LogP contribution is -2.37. The Balaban J connectivity index is 2.27. The first-order valence-corrected chi connectivity index (χ1v) is 9.36. The number of carbonyl (C=O) groups is 1. The number of carbonyl (C=O) groups excluding carboxylic acids is 1. The third kappa shape index (κ3) is 3.84. The second kappa shape index (κ2) is 6.60. The SMILES string of the molecule is CN(C(=O)c1ccccc1S(C)(=O)=O)C1CCCCCC1. The molecule has 0 N–H and O–H groups in total. The topological polar surface area (TPSA) is 54.5 Å². The standard InChI is InChI=1S/C16H23NO3S/c1-17(13-9-5-3-4-6-10-13)16(18)14-11-7-8-12-15(14)21(2,19)20/h7-8,11-13H,3-6,9-10H2,1-2H3. The molecular formula is C16H23NO3S. The smallest absolute Gasteiger partial charge is 0.255 e. The monoisotopic (exact) mass is 309 g/mol. The summed E-state index contributed by atoms with van der Waals surface area (Å²) < 4.78 is 23.7. The first-order chi connectivity index (χ1) is 9.91. The van der Waals surface area contributed by atoms with E-state index in [9.17, 15) is 13.2 Å². The summed E-state index contributed by atoms with van der Waals surface area (Å²) in [5.41, 5.74) is 0.284. The van der Waals surface area contributed by atoms with Gasteiger partial charge in [0.25, 0.3) is 5.91 Å². The zero-order chi connectivity index (χ0) is 15.5. The molecule has 1 fully saturated rings. The molecule has 2 rings (SSSR count). The van der Waals surface area contributed by atoms with Crippen molar-refractivity contribution in [1.82, 2.24) is 4.90 Å². The van der Waals surface area contributed by atoms with Crippen LogP contribution in [0.25, 0.3) is 0 Å². The minimum atomic E-state index is -3.40. The molecule has 0 heterocycles. The van der Waals surface area contributed by atoms with Gasteiger partial charge in [-0.25, -0.2) is 8.42 Å². The zero-order valence-corrected chi connectivity index (χ0v) is 13.5. The van der Waals surface area contributed by atoms with Crippen molar-refractivity contribution in [2.45, 2.75) is 49.5 Å². The highest BCUT2D eigenvalue weighted by molar-refractivity contribution is 7.90. The van der Waals surface area contributed by atoms with Crippen LogP contribution in [0.2, 0.25) is 0 Å². The minimum absolute atomic E-state index is 0.121. The minimum Gasteiger partial charge on any atom is -0.339 e. The first-order valence-electron chi connectivity index (χ1n) is 7.47. The van der Waals surface area contributed by atoms with Crippen LogP contribution in [0.3, 0.4) is 0 Å². The normalized spacial score (nSPS) is 17.2. The summed E-state index contributed by atoms with van der Waals surface area (Å²) in [6, 6.07) is 6.68. The van der Waals surface area contributed by atoms with Gasteiger partial charge < -0.3 is 4.90 Å². The van der Waals surface area contributed by atoms with E-state index in [-0.39, 0.29) is 22.4 Å². The number of sulfone groups is 1. The molecule has 0 radical (unpaired) electrons. The Morgan fingerprint density at radius 2 is 1.67 bits per heavy atom. The molecule has 1 aromatic rings. The fourth-order valence-corrected chi connectivity index (χ4v) is 3.85. The maximum atomic E-state index is 12.7. The molecule has 116 valence electrons. The van der Waals surface area contributed by atoms with Gasteiger partial charge in [-0.1, -0.05) is 37.8 Å². The van der Waals surface area contributed by atoms with Gasteiger partial charge in [-0.05, 0) is 25.0 Å². The van der Waals surface area contributed by atoms with Gasteiger partial charge in [0.1, 0.15) is 0 Å². The molecule has 1 aliphatic carbocycles. The Labute approximate surface area is 127 Å². The van der Waals surface area contributed by atoms with Gasteiger partial charge >= 0.3 is 0 Å². The van der Waals surface area contributed by atoms with Crippen molar-refractivity contribution in [3.8, 4) is 0 Å². The van der Waals surface area contributed by atoms with Gasteiger partial charge in [0.2, 0.25) is 0 Å². The molecule has 0 atom stereocenters. The van der Waals surface area contributed by atoms with E-state index in [1.54, 1.807) is 30.1 Å². The van der Waals surface area contributed by atoms with Crippen LogP contribution in [0.15, 0.2) is 29.2 Å². The Kier molecular flexibility index (Phi) is 5.04. The molecule has 0 bridgehead atoms. The third-order valence-corrected chi connectivity index (χ3v) is 5.36. The summed E-state index contributed by atoms with van der Waals surface area (Å²) in [6.07, 6.45) is 7.86. The Hall–Kier alpha value is -1.36. The number of nitrogens with zero attached hydrogens (tertiary/aromatic N) is 1.